The van der Waals surface area contributed by atoms with Crippen molar-refractivity contribution in [2.45, 2.75) is 0 Å². The Morgan fingerprint density at radius 1 is 1.00 bits per heavy atom. The number of nitrogen functional groups attached to an aromatic ring is 2. The van der Waals surface area contributed by atoms with Gasteiger partial charge in [-0.05, 0) is 30.3 Å². The number of hydrogen-bond acceptors (Lipinski definition) is 5. The van der Waals surface area contributed by atoms with Crippen LogP contribution in [0.15, 0.2) is 42.5 Å². The molecule has 0 spiro atoms. The highest BCUT2D eigenvalue weighted by molar-refractivity contribution is 5.90. The van der Waals surface area contributed by atoms with Crippen molar-refractivity contribution in [3.63, 3.8) is 0 Å². The number of aromatic carboxylic acids is 1. The Bertz CT molecular complexity index is 688. The van der Waals surface area contributed by atoms with Gasteiger partial charge in [-0.25, -0.2) is 4.79 Å². The van der Waals surface area contributed by atoms with Gasteiger partial charge in [0.1, 0.15) is 11.0 Å². The highest BCUT2D eigenvalue weighted by Crippen LogP contribution is 2.13. The van der Waals surface area contributed by atoms with Crippen LogP contribution < -0.4 is 11.5 Å². The van der Waals surface area contributed by atoms with E-state index in [9.17, 15) is 4.79 Å². The molecule has 0 aliphatic heterocycles. The fourth-order valence-electron chi connectivity index (χ4n) is 1.59. The molecule has 20 heavy (non-hydrogen) atoms. The maximum Gasteiger partial charge on any atom is 0.335 e. The fraction of sp³-hybridized carbons (Fsp3) is 0. The van der Waals surface area contributed by atoms with Crippen LogP contribution in [-0.2, 0) is 0 Å². The van der Waals surface area contributed by atoms with Gasteiger partial charge in [0.05, 0.1) is 5.56 Å². The molecule has 6 N–H and O–H groups in total. The number of nitrogens with one attached hydrogen (secondary N) is 1. The van der Waals surface area contributed by atoms with E-state index >= 15 is 0 Å². The molecule has 3 aromatic rings. The van der Waals surface area contributed by atoms with Gasteiger partial charge in [0, 0.05) is 11.4 Å². The minimum Gasteiger partial charge on any atom is -0.478 e. The van der Waals surface area contributed by atoms with Crippen LogP contribution in [0.25, 0.3) is 11.0 Å². The number of rotatable bonds is 1. The Kier molecular flexibility index (Phi) is 3.80. The Hall–Kier alpha value is -3.09. The average Bonchev–Trinajstić information content (AvgIpc) is 2.86. The lowest BCUT2D eigenvalue weighted by atomic mass is 10.2. The highest BCUT2D eigenvalue weighted by atomic mass is 16.4. The second-order valence-electron chi connectivity index (χ2n) is 4.01. The number of H-pyrrole nitrogens is 1. The summed E-state index contributed by atoms with van der Waals surface area (Å²) in [5, 5.41) is 18.8. The van der Waals surface area contributed by atoms with Crippen LogP contribution in [-0.4, -0.2) is 26.5 Å². The van der Waals surface area contributed by atoms with E-state index in [4.69, 9.17) is 16.6 Å². The van der Waals surface area contributed by atoms with Gasteiger partial charge in [-0.3, -0.25) is 0 Å². The number of carbonyl (C=O) groups is 1. The molecule has 1 heterocycles. The van der Waals surface area contributed by atoms with Crippen LogP contribution in [0.2, 0.25) is 0 Å². The van der Waals surface area contributed by atoms with E-state index in [1.807, 2.05) is 24.3 Å². The van der Waals surface area contributed by atoms with Gasteiger partial charge in [-0.15, -0.1) is 0 Å². The van der Waals surface area contributed by atoms with Crippen LogP contribution in [0.4, 0.5) is 11.4 Å². The van der Waals surface area contributed by atoms with Crippen LogP contribution >= 0.6 is 0 Å². The second kappa shape index (κ2) is 5.70. The molecule has 0 amide bonds. The Morgan fingerprint density at radius 2 is 1.50 bits per heavy atom. The predicted octanol–water partition coefficient (Wildman–Crippen LogP) is 1.51. The Balaban J connectivity index is 0.000000149. The van der Waals surface area contributed by atoms with Crippen molar-refractivity contribution in [3.8, 4) is 0 Å². The van der Waals surface area contributed by atoms with Crippen LogP contribution in [0, 0.1) is 0 Å². The monoisotopic (exact) mass is 271 g/mol. The smallest absolute Gasteiger partial charge is 0.335 e. The third-order valence-electron chi connectivity index (χ3n) is 2.45. The molecule has 0 radical (unpaired) electrons. The summed E-state index contributed by atoms with van der Waals surface area (Å²) in [5.41, 5.74) is 13.4. The molecule has 0 saturated heterocycles. The summed E-state index contributed by atoms with van der Waals surface area (Å²) in [6.45, 7) is 0. The first kappa shape index (κ1) is 13.3. The summed E-state index contributed by atoms with van der Waals surface area (Å²) in [6.07, 6.45) is 0. The minimum atomic E-state index is -1.02. The number of fused-ring (bicyclic) bond motifs is 1. The number of aromatic amines is 1. The van der Waals surface area contributed by atoms with E-state index in [0.717, 1.165) is 11.0 Å². The lowest BCUT2D eigenvalue weighted by Gasteiger charge is -1.98. The summed E-state index contributed by atoms with van der Waals surface area (Å²) in [6, 6.07) is 11.9. The van der Waals surface area contributed by atoms with Gasteiger partial charge in [-0.1, -0.05) is 12.1 Å². The van der Waals surface area contributed by atoms with Crippen LogP contribution in [0.5, 0.6) is 0 Å². The number of carboxylic acids is 1. The first-order valence-corrected chi connectivity index (χ1v) is 5.71. The fourth-order valence-corrected chi connectivity index (χ4v) is 1.59. The van der Waals surface area contributed by atoms with Crippen molar-refractivity contribution >= 4 is 28.4 Å². The predicted molar refractivity (Wildman–Crippen MR) is 76.1 cm³/mol. The molecule has 7 nitrogen and oxygen atoms in total. The molecule has 7 heteroatoms. The number of benzene rings is 2. The van der Waals surface area contributed by atoms with Crippen LogP contribution in [0.3, 0.4) is 0 Å². The van der Waals surface area contributed by atoms with Gasteiger partial charge >= 0.3 is 5.97 Å². The number of anilines is 2. The Morgan fingerprint density at radius 3 is 1.95 bits per heavy atom. The van der Waals surface area contributed by atoms with Gasteiger partial charge in [0.15, 0.2) is 0 Å². The molecule has 0 unspecified atom stereocenters. The number of hydrogen-bond donors (Lipinski definition) is 4. The highest BCUT2D eigenvalue weighted by Gasteiger charge is 2.03. The first-order valence-electron chi connectivity index (χ1n) is 5.71. The summed E-state index contributed by atoms with van der Waals surface area (Å²) >= 11 is 0. The van der Waals surface area contributed by atoms with Crippen molar-refractivity contribution < 1.29 is 9.90 Å². The lowest BCUT2D eigenvalue weighted by molar-refractivity contribution is 0.0697. The zero-order valence-corrected chi connectivity index (χ0v) is 10.4. The van der Waals surface area contributed by atoms with Crippen LogP contribution in [0.1, 0.15) is 10.4 Å². The third kappa shape index (κ3) is 3.22. The zero-order valence-electron chi connectivity index (χ0n) is 10.4. The van der Waals surface area contributed by atoms with E-state index in [1.54, 1.807) is 0 Å². The number of carboxylic acid groups (broad SMARTS) is 1. The maximum atomic E-state index is 10.4. The molecule has 2 aromatic carbocycles. The van der Waals surface area contributed by atoms with Gasteiger partial charge in [0.2, 0.25) is 0 Å². The summed E-state index contributed by atoms with van der Waals surface area (Å²) < 4.78 is 0. The molecule has 0 aliphatic carbocycles. The standard InChI is InChI=1S/C7H8N2O2.C6H5N3/c8-5-1-4(7(10)11)2-6(9)3-5;1-2-4-6-5(3-1)7-9-8-6/h1-3H,8-9H2,(H,10,11);1-4H,(H,7,8,9). The van der Waals surface area contributed by atoms with E-state index < -0.39 is 5.97 Å². The first-order chi connectivity index (χ1) is 9.56. The van der Waals surface area contributed by atoms with Crippen molar-refractivity contribution in [3.05, 3.63) is 48.0 Å². The molecule has 0 atom stereocenters. The molecule has 0 bridgehead atoms. The van der Waals surface area contributed by atoms with Crippen molar-refractivity contribution in [2.24, 2.45) is 0 Å². The summed E-state index contributed by atoms with van der Waals surface area (Å²) in [4.78, 5) is 10.4. The Labute approximate surface area is 114 Å². The number of para-hydroxylation sites is 2. The normalized spacial score (nSPS) is 9.80. The van der Waals surface area contributed by atoms with Gasteiger partial charge in [-0.2, -0.15) is 15.4 Å². The summed E-state index contributed by atoms with van der Waals surface area (Å²) in [7, 11) is 0. The van der Waals surface area contributed by atoms with Gasteiger partial charge < -0.3 is 16.6 Å². The van der Waals surface area contributed by atoms with E-state index in [1.165, 1.54) is 18.2 Å². The molecular weight excluding hydrogens is 258 g/mol. The van der Waals surface area contributed by atoms with E-state index in [2.05, 4.69) is 15.4 Å². The molecule has 0 aliphatic rings. The van der Waals surface area contributed by atoms with E-state index in [-0.39, 0.29) is 5.56 Å². The molecule has 1 aromatic heterocycles. The van der Waals surface area contributed by atoms with E-state index in [0.29, 0.717) is 11.4 Å². The van der Waals surface area contributed by atoms with Crippen molar-refractivity contribution in [2.75, 3.05) is 11.5 Å². The quantitative estimate of drug-likeness (QED) is 0.496. The van der Waals surface area contributed by atoms with Crippen molar-refractivity contribution in [1.29, 1.82) is 0 Å². The second-order valence-corrected chi connectivity index (χ2v) is 4.01. The summed E-state index contributed by atoms with van der Waals surface area (Å²) in [5.74, 6) is -1.02. The molecule has 102 valence electrons. The largest absolute Gasteiger partial charge is 0.478 e. The van der Waals surface area contributed by atoms with Gasteiger partial charge in [0.25, 0.3) is 0 Å². The number of nitrogens with two attached hydrogens (primary N) is 2. The molecular formula is C13H13N5O2. The zero-order chi connectivity index (χ0) is 14.5. The number of aromatic nitrogens is 3. The number of nitrogens with zero attached hydrogens (tertiary/aromatic N) is 2. The average molecular weight is 271 g/mol. The molecule has 0 saturated carbocycles. The third-order valence-corrected chi connectivity index (χ3v) is 2.45. The molecule has 3 rings (SSSR count). The topological polar surface area (TPSA) is 131 Å². The minimum absolute atomic E-state index is 0.113. The SMILES string of the molecule is Nc1cc(N)cc(C(=O)O)c1.c1ccc2n[nH]nc2c1. The molecule has 0 fully saturated rings. The maximum absolute atomic E-state index is 10.4. The lowest BCUT2D eigenvalue weighted by Crippen LogP contribution is -1.99. The van der Waals surface area contributed by atoms with Crippen molar-refractivity contribution in [1.82, 2.24) is 15.4 Å².